The normalized spacial score (nSPS) is 13.7. The van der Waals surface area contributed by atoms with Crippen molar-refractivity contribution in [1.29, 1.82) is 0 Å². The quantitative estimate of drug-likeness (QED) is 0.878. The van der Waals surface area contributed by atoms with Crippen LogP contribution in [0.25, 0.3) is 0 Å². The molecule has 6 heteroatoms. The molecule has 1 amide bonds. The molecule has 138 valence electrons. The molecule has 0 unspecified atom stereocenters. The monoisotopic (exact) mass is 372 g/mol. The molecular formula is C20H24N2O3S. The molecule has 2 aromatic rings. The van der Waals surface area contributed by atoms with Crippen LogP contribution in [0.3, 0.4) is 0 Å². The van der Waals surface area contributed by atoms with Crippen molar-refractivity contribution in [3.63, 3.8) is 0 Å². The summed E-state index contributed by atoms with van der Waals surface area (Å²) in [6.07, 6.45) is 3.65. The van der Waals surface area contributed by atoms with Crippen molar-refractivity contribution in [2.45, 2.75) is 37.5 Å². The number of benzene rings is 2. The van der Waals surface area contributed by atoms with E-state index >= 15 is 0 Å². The van der Waals surface area contributed by atoms with Gasteiger partial charge in [-0.05, 0) is 60.6 Å². The number of carbonyl (C=O) groups is 1. The standard InChI is InChI=1S/C20H24N2O3S/c1-14-7-10-18(26(24,25)22(2)3)13-19(14)21-20(23)12-15-8-9-16-5-4-6-17(16)11-15/h7-11,13H,4-6,12H2,1-3H3,(H,21,23). The summed E-state index contributed by atoms with van der Waals surface area (Å²) in [5, 5.41) is 2.86. The van der Waals surface area contributed by atoms with Gasteiger partial charge in [-0.2, -0.15) is 0 Å². The minimum atomic E-state index is -3.54. The minimum Gasteiger partial charge on any atom is -0.326 e. The van der Waals surface area contributed by atoms with Crippen LogP contribution in [0.2, 0.25) is 0 Å². The van der Waals surface area contributed by atoms with Gasteiger partial charge in [-0.1, -0.05) is 24.3 Å². The molecule has 0 radical (unpaired) electrons. The lowest BCUT2D eigenvalue weighted by Gasteiger charge is -2.14. The molecule has 3 rings (SSSR count). The summed E-state index contributed by atoms with van der Waals surface area (Å²) in [5.41, 5.74) is 5.05. The number of anilines is 1. The Labute approximate surface area is 155 Å². The number of nitrogens with one attached hydrogen (secondary N) is 1. The first-order chi connectivity index (χ1) is 12.3. The highest BCUT2D eigenvalue weighted by atomic mass is 32.2. The summed E-state index contributed by atoms with van der Waals surface area (Å²) >= 11 is 0. The Kier molecular flexibility index (Phi) is 5.16. The van der Waals surface area contributed by atoms with Crippen LogP contribution in [0.1, 0.15) is 28.7 Å². The summed E-state index contributed by atoms with van der Waals surface area (Å²) in [6.45, 7) is 1.84. The molecule has 0 bridgehead atoms. The lowest BCUT2D eigenvalue weighted by Crippen LogP contribution is -2.22. The molecular weight excluding hydrogens is 348 g/mol. The summed E-state index contributed by atoms with van der Waals surface area (Å²) in [6, 6.07) is 11.0. The summed E-state index contributed by atoms with van der Waals surface area (Å²) < 4.78 is 25.7. The number of fused-ring (bicyclic) bond motifs is 1. The van der Waals surface area contributed by atoms with Crippen molar-refractivity contribution in [1.82, 2.24) is 4.31 Å². The highest BCUT2D eigenvalue weighted by molar-refractivity contribution is 7.89. The summed E-state index contributed by atoms with van der Waals surface area (Å²) in [5.74, 6) is -0.148. The fraction of sp³-hybridized carbons (Fsp3) is 0.350. The second-order valence-corrected chi connectivity index (χ2v) is 9.10. The van der Waals surface area contributed by atoms with Crippen LogP contribution in [0.4, 0.5) is 5.69 Å². The average molecular weight is 372 g/mol. The highest BCUT2D eigenvalue weighted by Crippen LogP contribution is 2.24. The van der Waals surface area contributed by atoms with Crippen LogP contribution >= 0.6 is 0 Å². The van der Waals surface area contributed by atoms with Gasteiger partial charge in [0.1, 0.15) is 0 Å². The highest BCUT2D eigenvalue weighted by Gasteiger charge is 2.19. The first-order valence-corrected chi connectivity index (χ1v) is 10.1. The number of sulfonamides is 1. The number of carbonyl (C=O) groups excluding carboxylic acids is 1. The molecule has 5 nitrogen and oxygen atoms in total. The van der Waals surface area contributed by atoms with E-state index in [2.05, 4.69) is 17.4 Å². The van der Waals surface area contributed by atoms with E-state index in [1.807, 2.05) is 13.0 Å². The maximum Gasteiger partial charge on any atom is 0.242 e. The van der Waals surface area contributed by atoms with Crippen molar-refractivity contribution >= 4 is 21.6 Å². The van der Waals surface area contributed by atoms with Gasteiger partial charge in [0.15, 0.2) is 0 Å². The molecule has 0 atom stereocenters. The molecule has 1 aliphatic carbocycles. The number of hydrogen-bond donors (Lipinski definition) is 1. The Morgan fingerprint density at radius 3 is 2.54 bits per heavy atom. The lowest BCUT2D eigenvalue weighted by atomic mass is 10.0. The molecule has 0 heterocycles. The third-order valence-electron chi connectivity index (χ3n) is 4.79. The number of amides is 1. The van der Waals surface area contributed by atoms with E-state index < -0.39 is 10.0 Å². The Balaban J connectivity index is 1.77. The van der Waals surface area contributed by atoms with E-state index in [0.29, 0.717) is 5.69 Å². The molecule has 26 heavy (non-hydrogen) atoms. The Hall–Kier alpha value is -2.18. The van der Waals surface area contributed by atoms with E-state index in [1.54, 1.807) is 12.1 Å². The number of aryl methyl sites for hydroxylation is 3. The molecule has 1 N–H and O–H groups in total. The predicted octanol–water partition coefficient (Wildman–Crippen LogP) is 2.92. The van der Waals surface area contributed by atoms with E-state index in [4.69, 9.17) is 0 Å². The number of hydrogen-bond acceptors (Lipinski definition) is 3. The van der Waals surface area contributed by atoms with Crippen LogP contribution in [-0.4, -0.2) is 32.7 Å². The second-order valence-electron chi connectivity index (χ2n) is 6.95. The van der Waals surface area contributed by atoms with Gasteiger partial charge in [0.25, 0.3) is 0 Å². The fourth-order valence-electron chi connectivity index (χ4n) is 3.22. The Morgan fingerprint density at radius 1 is 1.08 bits per heavy atom. The first-order valence-electron chi connectivity index (χ1n) is 8.71. The molecule has 0 saturated carbocycles. The maximum atomic E-state index is 12.5. The third kappa shape index (κ3) is 3.81. The zero-order valence-electron chi connectivity index (χ0n) is 15.4. The maximum absolute atomic E-state index is 12.5. The molecule has 0 fully saturated rings. The van der Waals surface area contributed by atoms with Crippen LogP contribution in [0.5, 0.6) is 0 Å². The molecule has 0 saturated heterocycles. The molecule has 1 aliphatic rings. The zero-order chi connectivity index (χ0) is 18.9. The van der Waals surface area contributed by atoms with Crippen LogP contribution < -0.4 is 5.32 Å². The topological polar surface area (TPSA) is 66.5 Å². The number of nitrogens with zero attached hydrogens (tertiary/aromatic N) is 1. The van der Waals surface area contributed by atoms with Gasteiger partial charge < -0.3 is 5.32 Å². The van der Waals surface area contributed by atoms with Gasteiger partial charge in [0, 0.05) is 19.8 Å². The second kappa shape index (κ2) is 7.21. The van der Waals surface area contributed by atoms with Crippen LogP contribution in [-0.2, 0) is 34.1 Å². The summed E-state index contributed by atoms with van der Waals surface area (Å²) in [4.78, 5) is 12.6. The lowest BCUT2D eigenvalue weighted by molar-refractivity contribution is -0.115. The fourth-order valence-corrected chi connectivity index (χ4v) is 4.15. The van der Waals surface area contributed by atoms with Gasteiger partial charge in [-0.3, -0.25) is 4.79 Å². The van der Waals surface area contributed by atoms with Gasteiger partial charge in [-0.15, -0.1) is 0 Å². The Morgan fingerprint density at radius 2 is 1.81 bits per heavy atom. The van der Waals surface area contributed by atoms with Crippen molar-refractivity contribution in [3.8, 4) is 0 Å². The number of rotatable bonds is 5. The molecule has 0 aromatic heterocycles. The van der Waals surface area contributed by atoms with Crippen molar-refractivity contribution < 1.29 is 13.2 Å². The molecule has 0 aliphatic heterocycles. The average Bonchev–Trinajstić information content (AvgIpc) is 3.04. The molecule has 0 spiro atoms. The van der Waals surface area contributed by atoms with Gasteiger partial charge in [0.2, 0.25) is 15.9 Å². The zero-order valence-corrected chi connectivity index (χ0v) is 16.2. The third-order valence-corrected chi connectivity index (χ3v) is 6.60. The van der Waals surface area contributed by atoms with Crippen molar-refractivity contribution in [3.05, 3.63) is 58.7 Å². The van der Waals surface area contributed by atoms with E-state index in [9.17, 15) is 13.2 Å². The largest absolute Gasteiger partial charge is 0.326 e. The van der Waals surface area contributed by atoms with Gasteiger partial charge in [-0.25, -0.2) is 12.7 Å². The minimum absolute atomic E-state index is 0.148. The smallest absolute Gasteiger partial charge is 0.242 e. The summed E-state index contributed by atoms with van der Waals surface area (Å²) in [7, 11) is -0.561. The van der Waals surface area contributed by atoms with Crippen LogP contribution in [0, 0.1) is 6.92 Å². The predicted molar refractivity (Wildman–Crippen MR) is 103 cm³/mol. The van der Waals surface area contributed by atoms with Crippen LogP contribution in [0.15, 0.2) is 41.3 Å². The van der Waals surface area contributed by atoms with Crippen molar-refractivity contribution in [2.75, 3.05) is 19.4 Å². The SMILES string of the molecule is Cc1ccc(S(=O)(=O)N(C)C)cc1NC(=O)Cc1ccc2c(c1)CCC2. The van der Waals surface area contributed by atoms with E-state index in [0.717, 1.165) is 28.3 Å². The van der Waals surface area contributed by atoms with E-state index in [1.165, 1.54) is 37.7 Å². The van der Waals surface area contributed by atoms with E-state index in [-0.39, 0.29) is 17.2 Å². The van der Waals surface area contributed by atoms with Gasteiger partial charge >= 0.3 is 0 Å². The first kappa shape index (κ1) is 18.6. The van der Waals surface area contributed by atoms with Gasteiger partial charge in [0.05, 0.1) is 11.3 Å². The Bertz CT molecular complexity index is 950. The molecule has 2 aromatic carbocycles. The van der Waals surface area contributed by atoms with Crippen molar-refractivity contribution in [2.24, 2.45) is 0 Å².